The molecular formula is C18H15ClF2N4S2. The molecule has 140 valence electrons. The van der Waals surface area contributed by atoms with E-state index >= 15 is 0 Å². The van der Waals surface area contributed by atoms with E-state index in [4.69, 9.17) is 11.6 Å². The normalized spacial score (nSPS) is 13.1. The van der Waals surface area contributed by atoms with Crippen molar-refractivity contribution in [2.24, 2.45) is 0 Å². The van der Waals surface area contributed by atoms with Crippen LogP contribution >= 0.6 is 35.1 Å². The standard InChI is InChI=1S/C18H15ClF2N4S2/c19-14-7-17(26-24-18-22-10-23-27-18)15(21)6-13(14)9-25-4-3-12-2-1-11(8-20)5-16(12)25/h1-2,5-7,10H,3-4,8-9H2,(H,22,23,24). The molecule has 9 heteroatoms. The van der Waals surface area contributed by atoms with Gasteiger partial charge in [0, 0.05) is 35.3 Å². The van der Waals surface area contributed by atoms with Gasteiger partial charge in [0.25, 0.3) is 0 Å². The van der Waals surface area contributed by atoms with E-state index in [1.165, 1.54) is 29.5 Å². The van der Waals surface area contributed by atoms with Gasteiger partial charge < -0.3 is 9.62 Å². The first-order chi connectivity index (χ1) is 13.1. The Hall–Kier alpha value is -1.90. The van der Waals surface area contributed by atoms with Crippen LogP contribution in [0.5, 0.6) is 0 Å². The first-order valence-corrected chi connectivity index (χ1v) is 10.2. The van der Waals surface area contributed by atoms with Crippen LogP contribution in [-0.4, -0.2) is 15.9 Å². The molecule has 0 bridgehead atoms. The molecule has 4 nitrogen and oxygen atoms in total. The molecule has 0 atom stereocenters. The number of halogens is 3. The third-order valence-corrected chi connectivity index (χ3v) is 6.26. The van der Waals surface area contributed by atoms with Crippen LogP contribution in [0.1, 0.15) is 16.7 Å². The topological polar surface area (TPSA) is 41.0 Å². The summed E-state index contributed by atoms with van der Waals surface area (Å²) in [6.45, 7) is 0.787. The van der Waals surface area contributed by atoms with E-state index in [1.54, 1.807) is 6.07 Å². The lowest BCUT2D eigenvalue weighted by molar-refractivity contribution is 0.485. The monoisotopic (exact) mass is 424 g/mol. The molecule has 1 N–H and O–H groups in total. The van der Waals surface area contributed by atoms with E-state index in [-0.39, 0.29) is 5.82 Å². The molecule has 3 aromatic rings. The van der Waals surface area contributed by atoms with Gasteiger partial charge in [0.1, 0.15) is 18.8 Å². The highest BCUT2D eigenvalue weighted by Crippen LogP contribution is 2.34. The lowest BCUT2D eigenvalue weighted by atomic mass is 10.1. The fourth-order valence-corrected chi connectivity index (χ4v) is 4.46. The average Bonchev–Trinajstić information content (AvgIpc) is 3.33. The molecule has 0 fully saturated rings. The Morgan fingerprint density at radius 2 is 2.19 bits per heavy atom. The number of hydrogen-bond acceptors (Lipinski definition) is 6. The maximum atomic E-state index is 14.5. The van der Waals surface area contributed by atoms with Gasteiger partial charge in [0.15, 0.2) is 0 Å². The van der Waals surface area contributed by atoms with Crippen molar-refractivity contribution >= 4 is 45.9 Å². The molecule has 0 aliphatic carbocycles. The minimum absolute atomic E-state index is 0.353. The minimum Gasteiger partial charge on any atom is -0.367 e. The molecule has 2 aromatic carbocycles. The van der Waals surface area contributed by atoms with Crippen LogP contribution in [0.15, 0.2) is 41.6 Å². The Labute approximate surface area is 168 Å². The third-order valence-electron chi connectivity index (χ3n) is 4.37. The predicted molar refractivity (Wildman–Crippen MR) is 107 cm³/mol. The molecule has 4 rings (SSSR count). The van der Waals surface area contributed by atoms with E-state index in [2.05, 4.69) is 19.0 Å². The zero-order valence-electron chi connectivity index (χ0n) is 14.1. The van der Waals surface area contributed by atoms with Crippen molar-refractivity contribution in [2.75, 3.05) is 16.2 Å². The molecule has 0 spiro atoms. The molecule has 0 saturated heterocycles. The van der Waals surface area contributed by atoms with Gasteiger partial charge in [-0.2, -0.15) is 4.37 Å². The molecule has 27 heavy (non-hydrogen) atoms. The molecule has 0 unspecified atom stereocenters. The van der Waals surface area contributed by atoms with Gasteiger partial charge in [0.05, 0.1) is 4.90 Å². The highest BCUT2D eigenvalue weighted by atomic mass is 35.5. The summed E-state index contributed by atoms with van der Waals surface area (Å²) in [7, 11) is 0. The average molecular weight is 425 g/mol. The second kappa shape index (κ2) is 8.00. The van der Waals surface area contributed by atoms with Crippen LogP contribution in [-0.2, 0) is 19.6 Å². The van der Waals surface area contributed by atoms with Crippen molar-refractivity contribution < 1.29 is 8.78 Å². The maximum absolute atomic E-state index is 14.5. The van der Waals surface area contributed by atoms with Crippen LogP contribution < -0.4 is 9.62 Å². The predicted octanol–water partition coefficient (Wildman–Crippen LogP) is 5.48. The first kappa shape index (κ1) is 18.5. The minimum atomic E-state index is -0.496. The molecule has 2 heterocycles. The van der Waals surface area contributed by atoms with Crippen molar-refractivity contribution in [1.82, 2.24) is 9.36 Å². The van der Waals surface area contributed by atoms with Gasteiger partial charge in [-0.25, -0.2) is 13.8 Å². The zero-order chi connectivity index (χ0) is 18.8. The van der Waals surface area contributed by atoms with Crippen molar-refractivity contribution in [3.8, 4) is 0 Å². The second-order valence-electron chi connectivity index (χ2n) is 6.09. The third kappa shape index (κ3) is 4.02. The number of anilines is 2. The highest BCUT2D eigenvalue weighted by molar-refractivity contribution is 8.00. The maximum Gasteiger partial charge on any atom is 0.212 e. The largest absolute Gasteiger partial charge is 0.367 e. The summed E-state index contributed by atoms with van der Waals surface area (Å²) in [5.41, 5.74) is 3.52. The van der Waals surface area contributed by atoms with E-state index in [0.29, 0.717) is 32.7 Å². The Morgan fingerprint density at radius 3 is 2.96 bits per heavy atom. The lowest BCUT2D eigenvalue weighted by Crippen LogP contribution is -2.20. The van der Waals surface area contributed by atoms with Crippen LogP contribution in [0.4, 0.5) is 19.6 Å². The first-order valence-electron chi connectivity index (χ1n) is 8.24. The Bertz CT molecular complexity index is 953. The van der Waals surface area contributed by atoms with E-state index < -0.39 is 6.67 Å². The summed E-state index contributed by atoms with van der Waals surface area (Å²) in [5.74, 6) is -0.353. The van der Waals surface area contributed by atoms with Gasteiger partial charge in [0.2, 0.25) is 5.13 Å². The van der Waals surface area contributed by atoms with Gasteiger partial charge in [-0.3, -0.25) is 0 Å². The van der Waals surface area contributed by atoms with Gasteiger partial charge in [-0.15, -0.1) is 0 Å². The smallest absolute Gasteiger partial charge is 0.212 e. The number of hydrogen-bond donors (Lipinski definition) is 1. The second-order valence-corrected chi connectivity index (χ2v) is 8.13. The van der Waals surface area contributed by atoms with Crippen molar-refractivity contribution in [3.05, 3.63) is 64.2 Å². The summed E-state index contributed by atoms with van der Waals surface area (Å²) >= 11 is 8.70. The van der Waals surface area contributed by atoms with E-state index in [1.807, 2.05) is 18.2 Å². The number of fused-ring (bicyclic) bond motifs is 1. The number of aromatic nitrogens is 2. The van der Waals surface area contributed by atoms with Crippen molar-refractivity contribution in [3.63, 3.8) is 0 Å². The zero-order valence-corrected chi connectivity index (χ0v) is 16.5. The Morgan fingerprint density at radius 1 is 1.30 bits per heavy atom. The van der Waals surface area contributed by atoms with Crippen molar-refractivity contribution in [1.29, 1.82) is 0 Å². The molecule has 0 radical (unpaired) electrons. The van der Waals surface area contributed by atoms with Crippen LogP contribution in [0.25, 0.3) is 0 Å². The molecule has 1 aliphatic rings. The van der Waals surface area contributed by atoms with Crippen LogP contribution in [0, 0.1) is 5.82 Å². The lowest BCUT2D eigenvalue weighted by Gasteiger charge is -2.21. The summed E-state index contributed by atoms with van der Waals surface area (Å²) < 4.78 is 34.3. The van der Waals surface area contributed by atoms with Crippen LogP contribution in [0.2, 0.25) is 5.02 Å². The summed E-state index contributed by atoms with van der Waals surface area (Å²) in [4.78, 5) is 6.49. The molecule has 0 saturated carbocycles. The quantitative estimate of drug-likeness (QED) is 0.530. The van der Waals surface area contributed by atoms with E-state index in [0.717, 1.165) is 30.6 Å². The van der Waals surface area contributed by atoms with Crippen molar-refractivity contribution in [2.45, 2.75) is 24.5 Å². The fraction of sp³-hybridized carbons (Fsp3) is 0.222. The summed E-state index contributed by atoms with van der Waals surface area (Å²) in [6.07, 6.45) is 2.32. The number of benzene rings is 2. The molecule has 1 aliphatic heterocycles. The highest BCUT2D eigenvalue weighted by Gasteiger charge is 2.21. The summed E-state index contributed by atoms with van der Waals surface area (Å²) in [5, 5.41) is 1.09. The van der Waals surface area contributed by atoms with E-state index in [9.17, 15) is 8.78 Å². The Balaban J connectivity index is 1.51. The SMILES string of the molecule is FCc1ccc2c(c1)N(Cc1cc(F)c(SNc3ncns3)cc1Cl)CC2. The van der Waals surface area contributed by atoms with Gasteiger partial charge >= 0.3 is 0 Å². The number of alkyl halides is 1. The van der Waals surface area contributed by atoms with Gasteiger partial charge in [-0.1, -0.05) is 23.7 Å². The fourth-order valence-electron chi connectivity index (χ4n) is 3.03. The number of rotatable bonds is 6. The number of nitrogens with zero attached hydrogens (tertiary/aromatic N) is 3. The number of nitrogens with one attached hydrogen (secondary N) is 1. The molecule has 0 amide bonds. The summed E-state index contributed by atoms with van der Waals surface area (Å²) in [6, 6.07) is 8.71. The van der Waals surface area contributed by atoms with Gasteiger partial charge in [-0.05, 0) is 53.3 Å². The molecule has 1 aromatic heterocycles. The van der Waals surface area contributed by atoms with Crippen LogP contribution in [0.3, 0.4) is 0 Å². The molecular weight excluding hydrogens is 410 g/mol. The Kier molecular flexibility index (Phi) is 5.47.